The largest absolute Gasteiger partial charge is 0.356 e. The average molecular weight is 468 g/mol. The first-order valence-electron chi connectivity index (χ1n) is 9.19. The third-order valence-electron chi connectivity index (χ3n) is 4.68. The number of benzene rings is 2. The number of rotatable bonds is 6. The first kappa shape index (κ1) is 22.3. The van der Waals surface area contributed by atoms with Crippen LogP contribution in [0.4, 0.5) is 5.69 Å². The Morgan fingerprint density at radius 1 is 1.03 bits per heavy atom. The number of para-hydroxylation sites is 1. The molecular weight excluding hydrogens is 447 g/mol. The van der Waals surface area contributed by atoms with E-state index in [1.807, 2.05) is 60.7 Å². The van der Waals surface area contributed by atoms with E-state index in [1.54, 1.807) is 18.7 Å². The molecule has 3 rings (SSSR count). The van der Waals surface area contributed by atoms with Crippen molar-refractivity contribution in [2.24, 2.45) is 7.05 Å². The fourth-order valence-electron chi connectivity index (χ4n) is 3.07. The van der Waals surface area contributed by atoms with Gasteiger partial charge >= 0.3 is 0 Å². The molecule has 0 bridgehead atoms. The van der Waals surface area contributed by atoms with Gasteiger partial charge in [0.25, 0.3) is 5.56 Å². The Hall–Kier alpha value is -2.41. The van der Waals surface area contributed by atoms with Crippen molar-refractivity contribution in [3.05, 3.63) is 82.3 Å². The standard InChI is InChI=1S/C21H21Cl3N4O2/c1-14-18(19(30)28(27(14)2)16-11-7-4-8-12-16)26-20(21(22,23)24)25-17(29)13-15-9-5-3-6-10-15/h3-12,20,26H,13H2,1-2H3,(H,25,29). The summed E-state index contributed by atoms with van der Waals surface area (Å²) in [5.74, 6) is -0.345. The van der Waals surface area contributed by atoms with Gasteiger partial charge in [0.2, 0.25) is 9.70 Å². The lowest BCUT2D eigenvalue weighted by molar-refractivity contribution is -0.120. The lowest BCUT2D eigenvalue weighted by atomic mass is 10.1. The van der Waals surface area contributed by atoms with Crippen LogP contribution in [0.15, 0.2) is 65.5 Å². The highest BCUT2D eigenvalue weighted by atomic mass is 35.6. The predicted molar refractivity (Wildman–Crippen MR) is 122 cm³/mol. The zero-order valence-electron chi connectivity index (χ0n) is 16.4. The normalized spacial score (nSPS) is 12.4. The van der Waals surface area contributed by atoms with E-state index in [-0.39, 0.29) is 23.6 Å². The van der Waals surface area contributed by atoms with Crippen molar-refractivity contribution in [3.63, 3.8) is 0 Å². The zero-order valence-corrected chi connectivity index (χ0v) is 18.7. The Morgan fingerprint density at radius 2 is 1.60 bits per heavy atom. The van der Waals surface area contributed by atoms with Crippen LogP contribution in [0.5, 0.6) is 0 Å². The summed E-state index contributed by atoms with van der Waals surface area (Å²) in [4.78, 5) is 25.6. The lowest BCUT2D eigenvalue weighted by Gasteiger charge is -2.27. The molecule has 1 amide bonds. The average Bonchev–Trinajstić information content (AvgIpc) is 2.91. The van der Waals surface area contributed by atoms with E-state index in [2.05, 4.69) is 10.6 Å². The number of nitrogens with one attached hydrogen (secondary N) is 2. The first-order chi connectivity index (χ1) is 14.2. The quantitative estimate of drug-likeness (QED) is 0.426. The second-order valence-electron chi connectivity index (χ2n) is 6.79. The molecule has 0 saturated carbocycles. The molecule has 0 radical (unpaired) electrons. The minimum absolute atomic E-state index is 0.113. The van der Waals surface area contributed by atoms with Gasteiger partial charge in [-0.1, -0.05) is 83.3 Å². The van der Waals surface area contributed by atoms with Gasteiger partial charge in [0, 0.05) is 7.05 Å². The van der Waals surface area contributed by atoms with E-state index in [1.165, 1.54) is 4.68 Å². The molecule has 1 aromatic heterocycles. The summed E-state index contributed by atoms with van der Waals surface area (Å²) in [7, 11) is 1.76. The number of carbonyl (C=O) groups is 1. The van der Waals surface area contributed by atoms with Gasteiger partial charge in [-0.3, -0.25) is 14.3 Å². The highest BCUT2D eigenvalue weighted by molar-refractivity contribution is 6.68. The zero-order chi connectivity index (χ0) is 21.9. The molecule has 0 saturated heterocycles. The minimum atomic E-state index is -1.89. The van der Waals surface area contributed by atoms with Gasteiger partial charge in [-0.25, -0.2) is 4.68 Å². The molecule has 0 spiro atoms. The van der Waals surface area contributed by atoms with Gasteiger partial charge < -0.3 is 10.6 Å². The summed E-state index contributed by atoms with van der Waals surface area (Å²) in [5, 5.41) is 5.59. The second kappa shape index (κ2) is 9.16. The number of alkyl halides is 3. The number of hydrogen-bond acceptors (Lipinski definition) is 3. The number of nitrogens with zero attached hydrogens (tertiary/aromatic N) is 2. The maximum atomic E-state index is 13.1. The summed E-state index contributed by atoms with van der Waals surface area (Å²) in [5.41, 5.74) is 2.05. The summed E-state index contributed by atoms with van der Waals surface area (Å²) in [6.07, 6.45) is -1.00. The molecule has 9 heteroatoms. The van der Waals surface area contributed by atoms with Crippen molar-refractivity contribution in [2.75, 3.05) is 5.32 Å². The van der Waals surface area contributed by atoms with Crippen LogP contribution in [-0.2, 0) is 18.3 Å². The van der Waals surface area contributed by atoms with Crippen LogP contribution < -0.4 is 16.2 Å². The van der Waals surface area contributed by atoms with Crippen LogP contribution in [0.2, 0.25) is 0 Å². The lowest BCUT2D eigenvalue weighted by Crippen LogP contribution is -2.50. The van der Waals surface area contributed by atoms with Crippen LogP contribution in [0.25, 0.3) is 5.69 Å². The van der Waals surface area contributed by atoms with Crippen LogP contribution >= 0.6 is 34.8 Å². The highest BCUT2D eigenvalue weighted by Gasteiger charge is 2.35. The van der Waals surface area contributed by atoms with Crippen molar-refractivity contribution in [2.45, 2.75) is 23.3 Å². The molecule has 2 N–H and O–H groups in total. The van der Waals surface area contributed by atoms with Crippen LogP contribution in [0.1, 0.15) is 11.3 Å². The minimum Gasteiger partial charge on any atom is -0.356 e. The van der Waals surface area contributed by atoms with E-state index >= 15 is 0 Å². The Balaban J connectivity index is 1.87. The van der Waals surface area contributed by atoms with E-state index in [0.717, 1.165) is 5.56 Å². The van der Waals surface area contributed by atoms with Crippen molar-refractivity contribution >= 4 is 46.4 Å². The van der Waals surface area contributed by atoms with Crippen molar-refractivity contribution in [1.29, 1.82) is 0 Å². The van der Waals surface area contributed by atoms with Gasteiger partial charge in [0.05, 0.1) is 17.8 Å². The SMILES string of the molecule is Cc1c(NC(NC(=O)Cc2ccccc2)C(Cl)(Cl)Cl)c(=O)n(-c2ccccc2)n1C. The summed E-state index contributed by atoms with van der Waals surface area (Å²) >= 11 is 18.3. The maximum absolute atomic E-state index is 13.1. The predicted octanol–water partition coefficient (Wildman–Crippen LogP) is 3.95. The van der Waals surface area contributed by atoms with Gasteiger partial charge in [0.15, 0.2) is 0 Å². The van der Waals surface area contributed by atoms with Gasteiger partial charge in [0.1, 0.15) is 11.9 Å². The van der Waals surface area contributed by atoms with Crippen LogP contribution in [0, 0.1) is 6.92 Å². The van der Waals surface area contributed by atoms with Gasteiger partial charge in [-0.05, 0) is 24.6 Å². The molecule has 1 heterocycles. The van der Waals surface area contributed by atoms with E-state index in [0.29, 0.717) is 11.4 Å². The van der Waals surface area contributed by atoms with Crippen molar-refractivity contribution in [1.82, 2.24) is 14.7 Å². The summed E-state index contributed by atoms with van der Waals surface area (Å²) < 4.78 is 1.30. The molecule has 1 unspecified atom stereocenters. The Morgan fingerprint density at radius 3 is 2.17 bits per heavy atom. The number of anilines is 1. The van der Waals surface area contributed by atoms with E-state index in [9.17, 15) is 9.59 Å². The molecule has 158 valence electrons. The van der Waals surface area contributed by atoms with Gasteiger partial charge in [-0.2, -0.15) is 0 Å². The number of hydrogen-bond donors (Lipinski definition) is 2. The molecule has 0 fully saturated rings. The van der Waals surface area contributed by atoms with E-state index < -0.39 is 9.96 Å². The molecule has 2 aromatic carbocycles. The molecule has 3 aromatic rings. The smallest absolute Gasteiger partial charge is 0.295 e. The molecular formula is C21H21Cl3N4O2. The maximum Gasteiger partial charge on any atom is 0.295 e. The monoisotopic (exact) mass is 466 g/mol. The van der Waals surface area contributed by atoms with E-state index in [4.69, 9.17) is 34.8 Å². The molecule has 6 nitrogen and oxygen atoms in total. The van der Waals surface area contributed by atoms with Crippen molar-refractivity contribution < 1.29 is 4.79 Å². The highest BCUT2D eigenvalue weighted by Crippen LogP contribution is 2.31. The Kier molecular flexibility index (Phi) is 6.81. The topological polar surface area (TPSA) is 68.1 Å². The molecule has 0 aliphatic rings. The fourth-order valence-corrected chi connectivity index (χ4v) is 3.40. The van der Waals surface area contributed by atoms with Crippen molar-refractivity contribution in [3.8, 4) is 5.69 Å². The van der Waals surface area contributed by atoms with Crippen LogP contribution in [-0.4, -0.2) is 25.2 Å². The Labute approximate surface area is 189 Å². The van der Waals surface area contributed by atoms with Gasteiger partial charge in [-0.15, -0.1) is 0 Å². The molecule has 0 aliphatic heterocycles. The van der Waals surface area contributed by atoms with Crippen LogP contribution in [0.3, 0.4) is 0 Å². The number of halogens is 3. The Bertz CT molecular complexity index is 1070. The summed E-state index contributed by atoms with van der Waals surface area (Å²) in [6, 6.07) is 18.4. The number of aromatic nitrogens is 2. The molecule has 0 aliphatic carbocycles. The molecule has 1 atom stereocenters. The third kappa shape index (κ3) is 5.01. The second-order valence-corrected chi connectivity index (χ2v) is 9.15. The number of carbonyl (C=O) groups excluding carboxylic acids is 1. The number of amides is 1. The summed E-state index contributed by atoms with van der Waals surface area (Å²) in [6.45, 7) is 1.77. The first-order valence-corrected chi connectivity index (χ1v) is 10.3. The fraction of sp³-hybridized carbons (Fsp3) is 0.238. The third-order valence-corrected chi connectivity index (χ3v) is 5.34. The molecule has 30 heavy (non-hydrogen) atoms.